The topological polar surface area (TPSA) is 102 Å². The van der Waals surface area contributed by atoms with Crippen LogP contribution in [0.1, 0.15) is 29.8 Å². The van der Waals surface area contributed by atoms with Crippen LogP contribution in [0.25, 0.3) is 10.8 Å². The van der Waals surface area contributed by atoms with Crippen molar-refractivity contribution in [2.45, 2.75) is 30.9 Å². The summed E-state index contributed by atoms with van der Waals surface area (Å²) in [6.45, 7) is 4.35. The Labute approximate surface area is 168 Å². The molecule has 2 heterocycles. The molecular formula is C22H23N3O4. The molecule has 1 aromatic heterocycles. The van der Waals surface area contributed by atoms with Crippen molar-refractivity contribution in [3.05, 3.63) is 59.0 Å². The number of amides is 2. The summed E-state index contributed by atoms with van der Waals surface area (Å²) in [5, 5.41) is 14.0. The van der Waals surface area contributed by atoms with Gasteiger partial charge in [-0.05, 0) is 30.4 Å². The van der Waals surface area contributed by atoms with Crippen LogP contribution in [0, 0.1) is 12.3 Å². The highest BCUT2D eigenvalue weighted by Crippen LogP contribution is 2.27. The number of aliphatic hydroxyl groups excluding tert-OH is 1. The van der Waals surface area contributed by atoms with Gasteiger partial charge in [0.05, 0.1) is 5.54 Å². The van der Waals surface area contributed by atoms with Gasteiger partial charge in [0.1, 0.15) is 11.8 Å². The van der Waals surface area contributed by atoms with Crippen LogP contribution in [-0.2, 0) is 4.79 Å². The van der Waals surface area contributed by atoms with Crippen LogP contribution in [0.4, 0.5) is 0 Å². The molecule has 2 atom stereocenters. The zero-order valence-corrected chi connectivity index (χ0v) is 16.0. The van der Waals surface area contributed by atoms with Crippen molar-refractivity contribution in [1.82, 2.24) is 15.2 Å². The largest absolute Gasteiger partial charge is 0.382 e. The highest BCUT2D eigenvalue weighted by Gasteiger charge is 2.41. The number of aliphatic hydroxyl groups is 1. The third-order valence-corrected chi connectivity index (χ3v) is 5.17. The number of hydrogen-bond acceptors (Lipinski definition) is 4. The fraction of sp³-hybridized carbons (Fsp3) is 0.318. The first kappa shape index (κ1) is 20.4. The SMILES string of the molecule is C#CCC(O)C(=O)N1CCC(CC=C)(NC(=O)c2cc3ccccc3c(=O)[nH]2)C1. The molecule has 1 aromatic carbocycles. The van der Waals surface area contributed by atoms with Crippen LogP contribution in [-0.4, -0.2) is 51.5 Å². The minimum absolute atomic E-state index is 0.0610. The van der Waals surface area contributed by atoms with Gasteiger partial charge in [0.25, 0.3) is 17.4 Å². The smallest absolute Gasteiger partial charge is 0.268 e. The second-order valence-corrected chi connectivity index (χ2v) is 7.26. The number of H-pyrrole nitrogens is 1. The van der Waals surface area contributed by atoms with E-state index in [9.17, 15) is 19.5 Å². The predicted molar refractivity (Wildman–Crippen MR) is 110 cm³/mol. The Morgan fingerprint density at radius 3 is 2.93 bits per heavy atom. The number of nitrogens with one attached hydrogen (secondary N) is 2. The van der Waals surface area contributed by atoms with E-state index in [-0.39, 0.29) is 24.2 Å². The summed E-state index contributed by atoms with van der Waals surface area (Å²) in [5.74, 6) is 1.38. The average molecular weight is 393 g/mol. The van der Waals surface area contributed by atoms with Gasteiger partial charge in [-0.1, -0.05) is 24.3 Å². The third kappa shape index (κ3) is 4.23. The van der Waals surface area contributed by atoms with Gasteiger partial charge in [-0.3, -0.25) is 14.4 Å². The minimum Gasteiger partial charge on any atom is -0.382 e. The summed E-state index contributed by atoms with van der Waals surface area (Å²) in [6.07, 6.45) is 6.46. The van der Waals surface area contributed by atoms with Gasteiger partial charge in [-0.15, -0.1) is 18.9 Å². The molecule has 0 radical (unpaired) electrons. The Morgan fingerprint density at radius 2 is 2.21 bits per heavy atom. The standard InChI is InChI=1S/C22H23N3O4/c1-3-7-18(26)21(29)25-12-11-22(14-25,10-4-2)24-20(28)17-13-15-8-5-6-9-16(15)19(27)23-17/h1,4-6,8-9,13,18,26H,2,7,10-12,14H2,(H,23,27)(H,24,28). The molecule has 3 N–H and O–H groups in total. The van der Waals surface area contributed by atoms with Crippen LogP contribution >= 0.6 is 0 Å². The second-order valence-electron chi connectivity index (χ2n) is 7.26. The fourth-order valence-corrected chi connectivity index (χ4v) is 3.71. The molecule has 2 aromatic rings. The van der Waals surface area contributed by atoms with E-state index in [2.05, 4.69) is 22.8 Å². The number of benzene rings is 1. The molecule has 1 aliphatic rings. The molecule has 150 valence electrons. The van der Waals surface area contributed by atoms with E-state index in [4.69, 9.17) is 6.42 Å². The molecule has 0 spiro atoms. The fourth-order valence-electron chi connectivity index (χ4n) is 3.71. The number of nitrogens with zero attached hydrogens (tertiary/aromatic N) is 1. The molecule has 7 nitrogen and oxygen atoms in total. The van der Waals surface area contributed by atoms with Gasteiger partial charge in [0.15, 0.2) is 0 Å². The Hall–Kier alpha value is -3.37. The predicted octanol–water partition coefficient (Wildman–Crippen LogP) is 1.19. The number of fused-ring (bicyclic) bond motifs is 1. The number of likely N-dealkylation sites (tertiary alicyclic amines) is 1. The maximum Gasteiger partial charge on any atom is 0.268 e. The lowest BCUT2D eigenvalue weighted by Gasteiger charge is -2.30. The van der Waals surface area contributed by atoms with Crippen molar-refractivity contribution < 1.29 is 14.7 Å². The van der Waals surface area contributed by atoms with Crippen molar-refractivity contribution in [2.75, 3.05) is 13.1 Å². The van der Waals surface area contributed by atoms with Crippen LogP contribution < -0.4 is 10.9 Å². The molecule has 7 heteroatoms. The Balaban J connectivity index is 1.81. The normalized spacial score (nSPS) is 19.5. The van der Waals surface area contributed by atoms with E-state index >= 15 is 0 Å². The first-order chi connectivity index (χ1) is 13.9. The van der Waals surface area contributed by atoms with Crippen LogP contribution in [0.2, 0.25) is 0 Å². The van der Waals surface area contributed by atoms with Gasteiger partial charge in [0, 0.05) is 24.9 Å². The molecule has 0 saturated carbocycles. The van der Waals surface area contributed by atoms with Crippen molar-refractivity contribution >= 4 is 22.6 Å². The second kappa shape index (κ2) is 8.33. The number of aromatic nitrogens is 1. The quantitative estimate of drug-likeness (QED) is 0.507. The van der Waals surface area contributed by atoms with Crippen molar-refractivity contribution in [3.8, 4) is 12.3 Å². The van der Waals surface area contributed by atoms with Gasteiger partial charge in [-0.25, -0.2) is 0 Å². The summed E-state index contributed by atoms with van der Waals surface area (Å²) in [4.78, 5) is 41.7. The average Bonchev–Trinajstić information content (AvgIpc) is 3.11. The molecular weight excluding hydrogens is 370 g/mol. The Kier molecular flexibility index (Phi) is 5.85. The van der Waals surface area contributed by atoms with Gasteiger partial charge < -0.3 is 20.3 Å². The van der Waals surface area contributed by atoms with Crippen LogP contribution in [0.15, 0.2) is 47.8 Å². The van der Waals surface area contributed by atoms with E-state index in [1.165, 1.54) is 4.90 Å². The zero-order chi connectivity index (χ0) is 21.0. The lowest BCUT2D eigenvalue weighted by molar-refractivity contribution is -0.139. The number of pyridine rings is 1. The van der Waals surface area contributed by atoms with Gasteiger partial charge >= 0.3 is 0 Å². The number of hydrogen-bond donors (Lipinski definition) is 3. The third-order valence-electron chi connectivity index (χ3n) is 5.17. The summed E-state index contributed by atoms with van der Waals surface area (Å²) < 4.78 is 0. The van der Waals surface area contributed by atoms with Gasteiger partial charge in [0.2, 0.25) is 0 Å². The van der Waals surface area contributed by atoms with E-state index < -0.39 is 23.5 Å². The maximum atomic E-state index is 12.9. The summed E-state index contributed by atoms with van der Waals surface area (Å²) >= 11 is 0. The molecule has 0 bridgehead atoms. The molecule has 2 unspecified atom stereocenters. The number of carbonyl (C=O) groups excluding carboxylic acids is 2. The number of aromatic amines is 1. The number of carbonyl (C=O) groups is 2. The monoisotopic (exact) mass is 393 g/mol. The summed E-state index contributed by atoms with van der Waals surface area (Å²) in [7, 11) is 0. The van der Waals surface area contributed by atoms with Gasteiger partial charge in [-0.2, -0.15) is 0 Å². The maximum absolute atomic E-state index is 12.9. The summed E-state index contributed by atoms with van der Waals surface area (Å²) in [5.41, 5.74) is -0.923. The molecule has 2 amide bonds. The molecule has 1 aliphatic heterocycles. The Morgan fingerprint density at radius 1 is 1.45 bits per heavy atom. The van der Waals surface area contributed by atoms with E-state index in [0.717, 1.165) is 0 Å². The van der Waals surface area contributed by atoms with E-state index in [0.29, 0.717) is 30.2 Å². The first-order valence-electron chi connectivity index (χ1n) is 9.35. The molecule has 29 heavy (non-hydrogen) atoms. The molecule has 0 aliphatic carbocycles. The number of terminal acetylenes is 1. The minimum atomic E-state index is -1.26. The van der Waals surface area contributed by atoms with Crippen molar-refractivity contribution in [3.63, 3.8) is 0 Å². The highest BCUT2D eigenvalue weighted by molar-refractivity contribution is 5.96. The lowest BCUT2D eigenvalue weighted by atomic mass is 9.93. The highest BCUT2D eigenvalue weighted by atomic mass is 16.3. The number of rotatable bonds is 6. The Bertz CT molecular complexity index is 1050. The first-order valence-corrected chi connectivity index (χ1v) is 9.35. The van der Waals surface area contributed by atoms with E-state index in [1.54, 1.807) is 36.4 Å². The van der Waals surface area contributed by atoms with Crippen LogP contribution in [0.5, 0.6) is 0 Å². The van der Waals surface area contributed by atoms with Crippen LogP contribution in [0.3, 0.4) is 0 Å². The van der Waals surface area contributed by atoms with Crippen molar-refractivity contribution in [1.29, 1.82) is 0 Å². The molecule has 1 fully saturated rings. The molecule has 1 saturated heterocycles. The molecule has 3 rings (SSSR count). The zero-order valence-electron chi connectivity index (χ0n) is 16.0. The van der Waals surface area contributed by atoms with E-state index in [1.807, 2.05) is 0 Å². The summed E-state index contributed by atoms with van der Waals surface area (Å²) in [6, 6.07) is 8.64. The lowest BCUT2D eigenvalue weighted by Crippen LogP contribution is -2.51. The van der Waals surface area contributed by atoms with Crippen molar-refractivity contribution in [2.24, 2.45) is 0 Å².